The normalized spacial score (nSPS) is 21.3. The molecule has 0 bridgehead atoms. The Hall–Kier alpha value is -1.11. The molecule has 0 aliphatic carbocycles. The summed E-state index contributed by atoms with van der Waals surface area (Å²) in [5.74, 6) is 0. The van der Waals surface area contributed by atoms with Crippen molar-refractivity contribution < 1.29 is 4.58 Å². The minimum absolute atomic E-state index is 0.547. The van der Waals surface area contributed by atoms with Crippen molar-refractivity contribution >= 4 is 6.21 Å². The fraction of sp³-hybridized carbons (Fsp3) is 0.300. The van der Waals surface area contributed by atoms with E-state index in [9.17, 15) is 0 Å². The van der Waals surface area contributed by atoms with Crippen LogP contribution in [0.5, 0.6) is 0 Å². The van der Waals surface area contributed by atoms with E-state index in [0.29, 0.717) is 6.04 Å². The molecule has 1 nitrogen and oxygen atoms in total. The summed E-state index contributed by atoms with van der Waals surface area (Å²) in [6.07, 6.45) is 2.19. The Morgan fingerprint density at radius 3 is 2.73 bits per heavy atom. The molecule has 1 aromatic carbocycles. The lowest BCUT2D eigenvalue weighted by molar-refractivity contribution is -0.531. The quantitative estimate of drug-likeness (QED) is 0.491. The van der Waals surface area contributed by atoms with Crippen LogP contribution in [0.1, 0.15) is 24.1 Å². The van der Waals surface area contributed by atoms with Crippen LogP contribution in [0.4, 0.5) is 0 Å². The van der Waals surface area contributed by atoms with E-state index in [4.69, 9.17) is 0 Å². The standard InChI is InChI=1S/C10H12N/c1-8-10-6-4-3-5-9(10)7-11(8)2/h3-8H,1-2H3/q+1. The molecule has 1 aromatic rings. The lowest BCUT2D eigenvalue weighted by Gasteiger charge is -2.00. The van der Waals surface area contributed by atoms with Gasteiger partial charge in [-0.25, -0.2) is 4.58 Å². The minimum atomic E-state index is 0.547. The molecule has 0 saturated carbocycles. The molecular weight excluding hydrogens is 134 g/mol. The second kappa shape index (κ2) is 2.19. The summed E-state index contributed by atoms with van der Waals surface area (Å²) in [7, 11) is 2.12. The first-order valence-electron chi connectivity index (χ1n) is 3.95. The highest BCUT2D eigenvalue weighted by Crippen LogP contribution is 2.23. The molecule has 0 spiro atoms. The maximum absolute atomic E-state index is 2.24. The number of fused-ring (bicyclic) bond motifs is 1. The molecule has 0 aromatic heterocycles. The molecule has 56 valence electrons. The Labute approximate surface area is 67.0 Å². The number of rotatable bonds is 0. The highest BCUT2D eigenvalue weighted by atomic mass is 15.0. The summed E-state index contributed by atoms with van der Waals surface area (Å²) in [5.41, 5.74) is 2.80. The molecule has 1 atom stereocenters. The van der Waals surface area contributed by atoms with Crippen molar-refractivity contribution in [1.82, 2.24) is 0 Å². The fourth-order valence-corrected chi connectivity index (χ4v) is 1.56. The van der Waals surface area contributed by atoms with Crippen LogP contribution in [-0.4, -0.2) is 17.8 Å². The first-order valence-corrected chi connectivity index (χ1v) is 3.95. The Morgan fingerprint density at radius 2 is 2.00 bits per heavy atom. The second-order valence-corrected chi connectivity index (χ2v) is 3.10. The molecule has 2 rings (SSSR count). The van der Waals surface area contributed by atoms with Crippen LogP contribution < -0.4 is 0 Å². The largest absolute Gasteiger partial charge is 0.231 e. The van der Waals surface area contributed by atoms with Gasteiger partial charge in [0.2, 0.25) is 0 Å². The van der Waals surface area contributed by atoms with Gasteiger partial charge < -0.3 is 0 Å². The molecule has 0 radical (unpaired) electrons. The molecule has 1 heterocycles. The zero-order chi connectivity index (χ0) is 7.84. The third-order valence-electron chi connectivity index (χ3n) is 2.40. The zero-order valence-corrected chi connectivity index (χ0v) is 6.91. The average molecular weight is 146 g/mol. The van der Waals surface area contributed by atoms with Gasteiger partial charge in [-0.2, -0.15) is 0 Å². The second-order valence-electron chi connectivity index (χ2n) is 3.10. The van der Waals surface area contributed by atoms with Crippen molar-refractivity contribution in [3.05, 3.63) is 35.4 Å². The monoisotopic (exact) mass is 146 g/mol. The van der Waals surface area contributed by atoms with Crippen molar-refractivity contribution in [1.29, 1.82) is 0 Å². The molecule has 0 fully saturated rings. The van der Waals surface area contributed by atoms with Gasteiger partial charge in [-0.05, 0) is 6.07 Å². The van der Waals surface area contributed by atoms with Crippen molar-refractivity contribution in [2.45, 2.75) is 13.0 Å². The van der Waals surface area contributed by atoms with E-state index >= 15 is 0 Å². The van der Waals surface area contributed by atoms with E-state index < -0.39 is 0 Å². The summed E-state index contributed by atoms with van der Waals surface area (Å²) in [5, 5.41) is 0. The first-order chi connectivity index (χ1) is 5.29. The van der Waals surface area contributed by atoms with Crippen LogP contribution in [0.15, 0.2) is 24.3 Å². The number of benzene rings is 1. The van der Waals surface area contributed by atoms with Gasteiger partial charge in [0.15, 0.2) is 12.3 Å². The van der Waals surface area contributed by atoms with Gasteiger partial charge in [-0.3, -0.25) is 0 Å². The maximum Gasteiger partial charge on any atom is 0.175 e. The molecule has 1 aliphatic rings. The van der Waals surface area contributed by atoms with Gasteiger partial charge in [-0.1, -0.05) is 18.2 Å². The molecular formula is C10H12N+. The van der Waals surface area contributed by atoms with Crippen LogP contribution in [0.25, 0.3) is 0 Å². The molecule has 0 amide bonds. The van der Waals surface area contributed by atoms with Crippen LogP contribution in [0.3, 0.4) is 0 Å². The van der Waals surface area contributed by atoms with Crippen LogP contribution >= 0.6 is 0 Å². The molecule has 0 N–H and O–H groups in total. The molecule has 1 aliphatic heterocycles. The van der Waals surface area contributed by atoms with E-state index in [1.54, 1.807) is 0 Å². The first kappa shape index (κ1) is 6.59. The number of hydrogen-bond acceptors (Lipinski definition) is 0. The third-order valence-corrected chi connectivity index (χ3v) is 2.40. The van der Waals surface area contributed by atoms with Gasteiger partial charge in [0, 0.05) is 18.1 Å². The molecule has 11 heavy (non-hydrogen) atoms. The van der Waals surface area contributed by atoms with E-state index in [-0.39, 0.29) is 0 Å². The van der Waals surface area contributed by atoms with Gasteiger partial charge in [0.25, 0.3) is 0 Å². The smallest absolute Gasteiger partial charge is 0.175 e. The van der Waals surface area contributed by atoms with E-state index in [0.717, 1.165) is 0 Å². The Morgan fingerprint density at radius 1 is 1.27 bits per heavy atom. The van der Waals surface area contributed by atoms with Gasteiger partial charge >= 0.3 is 0 Å². The number of hydrogen-bond donors (Lipinski definition) is 0. The topological polar surface area (TPSA) is 3.01 Å². The molecule has 1 unspecified atom stereocenters. The fourth-order valence-electron chi connectivity index (χ4n) is 1.56. The minimum Gasteiger partial charge on any atom is -0.231 e. The van der Waals surface area contributed by atoms with E-state index in [1.165, 1.54) is 11.1 Å². The van der Waals surface area contributed by atoms with E-state index in [1.807, 2.05) is 0 Å². The predicted octanol–water partition coefficient (Wildman–Crippen LogP) is 1.82. The van der Waals surface area contributed by atoms with Crippen LogP contribution in [0, 0.1) is 0 Å². The molecule has 0 saturated heterocycles. The zero-order valence-electron chi connectivity index (χ0n) is 6.91. The summed E-state index contributed by atoms with van der Waals surface area (Å²) in [6, 6.07) is 9.09. The highest BCUT2D eigenvalue weighted by molar-refractivity contribution is 5.80. The van der Waals surface area contributed by atoms with Crippen LogP contribution in [0.2, 0.25) is 0 Å². The van der Waals surface area contributed by atoms with Crippen molar-refractivity contribution in [3.63, 3.8) is 0 Å². The lowest BCUT2D eigenvalue weighted by atomic mass is 10.1. The Bertz CT molecular complexity index is 312. The third kappa shape index (κ3) is 0.881. The Kier molecular flexibility index (Phi) is 1.31. The summed E-state index contributed by atoms with van der Waals surface area (Å²) in [6.45, 7) is 2.22. The van der Waals surface area contributed by atoms with Gasteiger partial charge in [0.05, 0.1) is 0 Å². The number of nitrogens with zero attached hydrogens (tertiary/aromatic N) is 1. The Balaban J connectivity index is 2.58. The van der Waals surface area contributed by atoms with Crippen molar-refractivity contribution in [3.8, 4) is 0 Å². The lowest BCUT2D eigenvalue weighted by Crippen LogP contribution is -2.04. The summed E-state index contributed by atoms with van der Waals surface area (Å²) in [4.78, 5) is 0. The molecule has 1 heteroatoms. The highest BCUT2D eigenvalue weighted by Gasteiger charge is 2.23. The average Bonchev–Trinajstić information content (AvgIpc) is 2.30. The van der Waals surface area contributed by atoms with E-state index in [2.05, 4.69) is 49.0 Å². The summed E-state index contributed by atoms with van der Waals surface area (Å²) < 4.78 is 2.24. The van der Waals surface area contributed by atoms with Crippen LogP contribution in [-0.2, 0) is 0 Å². The van der Waals surface area contributed by atoms with Crippen molar-refractivity contribution in [2.24, 2.45) is 0 Å². The van der Waals surface area contributed by atoms with Crippen molar-refractivity contribution in [2.75, 3.05) is 7.05 Å². The predicted molar refractivity (Wildman–Crippen MR) is 46.2 cm³/mol. The SMILES string of the molecule is CC1c2ccccc2C=[N+]1C. The summed E-state index contributed by atoms with van der Waals surface area (Å²) >= 11 is 0. The van der Waals surface area contributed by atoms with Gasteiger partial charge in [0.1, 0.15) is 7.05 Å². The maximum atomic E-state index is 2.24. The van der Waals surface area contributed by atoms with Gasteiger partial charge in [-0.15, -0.1) is 0 Å².